The molecule has 1 aromatic rings. The van der Waals surface area contributed by atoms with Gasteiger partial charge in [-0.05, 0) is 26.0 Å². The second-order valence-corrected chi connectivity index (χ2v) is 4.24. The van der Waals surface area contributed by atoms with Crippen LogP contribution >= 0.6 is 0 Å². The molecule has 0 saturated carbocycles. The molecular formula is C13H19NO3. The fourth-order valence-corrected chi connectivity index (χ4v) is 1.80. The molecule has 0 atom stereocenters. The molecule has 4 nitrogen and oxygen atoms in total. The van der Waals surface area contributed by atoms with Crippen molar-refractivity contribution in [3.63, 3.8) is 0 Å². The van der Waals surface area contributed by atoms with Crippen LogP contribution in [0.4, 0.5) is 0 Å². The molecular weight excluding hydrogens is 218 g/mol. The van der Waals surface area contributed by atoms with Crippen LogP contribution in [0.5, 0.6) is 5.75 Å². The zero-order chi connectivity index (χ0) is 12.8. The van der Waals surface area contributed by atoms with Gasteiger partial charge in [-0.1, -0.05) is 24.6 Å². The van der Waals surface area contributed by atoms with Gasteiger partial charge in [0.15, 0.2) is 0 Å². The number of carboxylic acids is 1. The van der Waals surface area contributed by atoms with E-state index in [1.54, 1.807) is 6.07 Å². The average molecular weight is 237 g/mol. The van der Waals surface area contributed by atoms with Gasteiger partial charge in [-0.25, -0.2) is 0 Å². The highest BCUT2D eigenvalue weighted by Crippen LogP contribution is 2.20. The molecule has 0 fully saturated rings. The third kappa shape index (κ3) is 4.44. The van der Waals surface area contributed by atoms with Crippen molar-refractivity contribution in [1.29, 1.82) is 0 Å². The Labute approximate surface area is 101 Å². The van der Waals surface area contributed by atoms with Crippen LogP contribution in [0.25, 0.3) is 0 Å². The number of hydrogen-bond donors (Lipinski definition) is 2. The summed E-state index contributed by atoms with van der Waals surface area (Å²) < 4.78 is 0. The number of hydrogen-bond acceptors (Lipinski definition) is 3. The highest BCUT2D eigenvalue weighted by Gasteiger charge is 2.11. The maximum Gasteiger partial charge on any atom is 0.317 e. The van der Waals surface area contributed by atoms with E-state index < -0.39 is 5.97 Å². The first-order chi connectivity index (χ1) is 8.02. The summed E-state index contributed by atoms with van der Waals surface area (Å²) in [6, 6.07) is 5.37. The minimum Gasteiger partial charge on any atom is -0.508 e. The van der Waals surface area contributed by atoms with Crippen LogP contribution in [-0.2, 0) is 11.3 Å². The predicted octanol–water partition coefficient (Wildman–Crippen LogP) is 2.00. The van der Waals surface area contributed by atoms with Crippen molar-refractivity contribution < 1.29 is 15.0 Å². The van der Waals surface area contributed by atoms with Gasteiger partial charge in [0.1, 0.15) is 5.75 Å². The number of aromatic hydroxyl groups is 1. The largest absolute Gasteiger partial charge is 0.508 e. The van der Waals surface area contributed by atoms with Crippen molar-refractivity contribution in [2.45, 2.75) is 26.8 Å². The Morgan fingerprint density at radius 3 is 2.71 bits per heavy atom. The van der Waals surface area contributed by atoms with Gasteiger partial charge < -0.3 is 10.2 Å². The van der Waals surface area contributed by atoms with Gasteiger partial charge in [-0.3, -0.25) is 9.69 Å². The monoisotopic (exact) mass is 237 g/mol. The first-order valence-electron chi connectivity index (χ1n) is 5.75. The van der Waals surface area contributed by atoms with Gasteiger partial charge in [-0.2, -0.15) is 0 Å². The summed E-state index contributed by atoms with van der Waals surface area (Å²) in [5, 5.41) is 18.5. The Kier molecular flexibility index (Phi) is 4.97. The Morgan fingerprint density at radius 2 is 2.12 bits per heavy atom. The topological polar surface area (TPSA) is 60.8 Å². The summed E-state index contributed by atoms with van der Waals surface area (Å²) in [6.45, 7) is 5.13. The number of rotatable bonds is 6. The third-order valence-corrected chi connectivity index (χ3v) is 2.53. The number of phenolic OH excluding ortho intramolecular Hbond substituents is 1. The summed E-state index contributed by atoms with van der Waals surface area (Å²) in [5.74, 6) is -0.618. The molecule has 0 aromatic heterocycles. The second-order valence-electron chi connectivity index (χ2n) is 4.24. The van der Waals surface area contributed by atoms with Crippen molar-refractivity contribution in [3.8, 4) is 5.75 Å². The fraction of sp³-hybridized carbons (Fsp3) is 0.462. The van der Waals surface area contributed by atoms with E-state index in [0.717, 1.165) is 17.5 Å². The fourth-order valence-electron chi connectivity index (χ4n) is 1.80. The number of nitrogens with zero attached hydrogens (tertiary/aromatic N) is 1. The Balaban J connectivity index is 2.77. The molecule has 0 aliphatic carbocycles. The zero-order valence-corrected chi connectivity index (χ0v) is 10.3. The Morgan fingerprint density at radius 1 is 1.41 bits per heavy atom. The first-order valence-corrected chi connectivity index (χ1v) is 5.75. The number of aliphatic carboxylic acids is 1. The third-order valence-electron chi connectivity index (χ3n) is 2.53. The lowest BCUT2D eigenvalue weighted by Gasteiger charge is -2.20. The molecule has 0 aliphatic heterocycles. The summed E-state index contributed by atoms with van der Waals surface area (Å²) in [5.41, 5.74) is 1.84. The van der Waals surface area contributed by atoms with Crippen LogP contribution in [0.15, 0.2) is 18.2 Å². The minimum atomic E-state index is -0.842. The molecule has 4 heteroatoms. The average Bonchev–Trinajstić information content (AvgIpc) is 2.23. The van der Waals surface area contributed by atoms with Crippen molar-refractivity contribution in [3.05, 3.63) is 29.3 Å². The van der Waals surface area contributed by atoms with Crippen molar-refractivity contribution in [2.24, 2.45) is 0 Å². The van der Waals surface area contributed by atoms with Gasteiger partial charge in [0.05, 0.1) is 6.54 Å². The predicted molar refractivity (Wildman–Crippen MR) is 66.0 cm³/mol. The van der Waals surface area contributed by atoms with E-state index >= 15 is 0 Å². The van der Waals surface area contributed by atoms with Crippen LogP contribution in [0.2, 0.25) is 0 Å². The molecule has 17 heavy (non-hydrogen) atoms. The lowest BCUT2D eigenvalue weighted by atomic mass is 10.1. The quantitative estimate of drug-likeness (QED) is 0.794. The first kappa shape index (κ1) is 13.5. The van der Waals surface area contributed by atoms with E-state index in [1.807, 2.05) is 30.9 Å². The van der Waals surface area contributed by atoms with Gasteiger partial charge >= 0.3 is 5.97 Å². The van der Waals surface area contributed by atoms with E-state index in [2.05, 4.69) is 0 Å². The number of carbonyl (C=O) groups is 1. The molecule has 0 spiro atoms. The number of aryl methyl sites for hydroxylation is 1. The molecule has 0 bridgehead atoms. The summed E-state index contributed by atoms with van der Waals surface area (Å²) in [7, 11) is 0. The van der Waals surface area contributed by atoms with Crippen LogP contribution < -0.4 is 0 Å². The molecule has 0 saturated heterocycles. The zero-order valence-electron chi connectivity index (χ0n) is 10.3. The normalized spacial score (nSPS) is 10.8. The van der Waals surface area contributed by atoms with Crippen LogP contribution in [0, 0.1) is 6.92 Å². The standard InChI is InChI=1S/C13H19NO3/c1-3-6-14(9-13(16)17)8-11-7-10(2)4-5-12(11)15/h4-5,7,15H,3,6,8-9H2,1-2H3,(H,16,17). The second kappa shape index (κ2) is 6.25. The molecule has 0 radical (unpaired) electrons. The Hall–Kier alpha value is -1.55. The molecule has 0 aliphatic rings. The highest BCUT2D eigenvalue weighted by atomic mass is 16.4. The van der Waals surface area contributed by atoms with E-state index in [4.69, 9.17) is 5.11 Å². The summed E-state index contributed by atoms with van der Waals surface area (Å²) in [6.07, 6.45) is 0.889. The molecule has 2 N–H and O–H groups in total. The van der Waals surface area contributed by atoms with E-state index in [1.165, 1.54) is 0 Å². The minimum absolute atomic E-state index is 0.00121. The molecule has 94 valence electrons. The van der Waals surface area contributed by atoms with Gasteiger partial charge in [0, 0.05) is 12.1 Å². The van der Waals surface area contributed by atoms with Crippen molar-refractivity contribution >= 4 is 5.97 Å². The highest BCUT2D eigenvalue weighted by molar-refractivity contribution is 5.69. The summed E-state index contributed by atoms with van der Waals surface area (Å²) in [4.78, 5) is 12.5. The SMILES string of the molecule is CCCN(CC(=O)O)Cc1cc(C)ccc1O. The van der Waals surface area contributed by atoms with Crippen LogP contribution in [0.3, 0.4) is 0 Å². The van der Waals surface area contributed by atoms with Gasteiger partial charge in [0.2, 0.25) is 0 Å². The lowest BCUT2D eigenvalue weighted by molar-refractivity contribution is -0.138. The van der Waals surface area contributed by atoms with Crippen LogP contribution in [-0.4, -0.2) is 34.2 Å². The molecule has 0 unspecified atom stereocenters. The number of benzene rings is 1. The van der Waals surface area contributed by atoms with Gasteiger partial charge in [0.25, 0.3) is 0 Å². The maximum atomic E-state index is 10.7. The van der Waals surface area contributed by atoms with Crippen LogP contribution in [0.1, 0.15) is 24.5 Å². The molecule has 0 heterocycles. The molecule has 1 aromatic carbocycles. The lowest BCUT2D eigenvalue weighted by Crippen LogP contribution is -2.30. The molecule has 1 rings (SSSR count). The van der Waals surface area contributed by atoms with Gasteiger partial charge in [-0.15, -0.1) is 0 Å². The van der Waals surface area contributed by atoms with E-state index in [-0.39, 0.29) is 12.3 Å². The maximum absolute atomic E-state index is 10.7. The Bertz CT molecular complexity index is 390. The van der Waals surface area contributed by atoms with Crippen molar-refractivity contribution in [1.82, 2.24) is 4.90 Å². The van der Waals surface area contributed by atoms with Crippen molar-refractivity contribution in [2.75, 3.05) is 13.1 Å². The molecule has 0 amide bonds. The summed E-state index contributed by atoms with van der Waals surface area (Å²) >= 11 is 0. The number of carboxylic acid groups (broad SMARTS) is 1. The van der Waals surface area contributed by atoms with E-state index in [0.29, 0.717) is 13.1 Å². The number of phenols is 1. The smallest absolute Gasteiger partial charge is 0.317 e. The van der Waals surface area contributed by atoms with E-state index in [9.17, 15) is 9.90 Å².